The molecule has 0 aliphatic carbocycles. The summed E-state index contributed by atoms with van der Waals surface area (Å²) in [5, 5.41) is 17.3. The maximum absolute atomic E-state index is 11.3. The molecular weight excluding hydrogens is 260 g/mol. The van der Waals surface area contributed by atoms with Crippen molar-refractivity contribution in [2.24, 2.45) is 0 Å². The van der Waals surface area contributed by atoms with Crippen molar-refractivity contribution in [3.05, 3.63) is 11.1 Å². The lowest BCUT2D eigenvalue weighted by Gasteiger charge is -2.05. The molecule has 98 valence electrons. The van der Waals surface area contributed by atoms with Crippen molar-refractivity contribution < 1.29 is 19.5 Å². The summed E-state index contributed by atoms with van der Waals surface area (Å²) in [6.07, 6.45) is 0. The maximum Gasteiger partial charge on any atom is 0.322 e. The van der Waals surface area contributed by atoms with Gasteiger partial charge in [0.25, 0.3) is 0 Å². The SMILES string of the molecule is Cc1csc(NC(=O)NCC(=O)NCC(=O)O)n1. The highest BCUT2D eigenvalue weighted by Crippen LogP contribution is 2.13. The fourth-order valence-electron chi connectivity index (χ4n) is 0.950. The number of carboxylic acid groups (broad SMARTS) is 1. The number of aryl methyl sites for hydroxylation is 1. The highest BCUT2D eigenvalue weighted by atomic mass is 32.1. The first-order valence-electron chi connectivity index (χ1n) is 4.93. The largest absolute Gasteiger partial charge is 0.480 e. The standard InChI is InChI=1S/C9H12N4O4S/c1-5-4-18-9(12-5)13-8(17)11-2-6(14)10-3-7(15)16/h4H,2-3H2,1H3,(H,10,14)(H,15,16)(H2,11,12,13,17). The van der Waals surface area contributed by atoms with Crippen molar-refractivity contribution in [3.8, 4) is 0 Å². The molecule has 0 aliphatic heterocycles. The second-order valence-corrected chi connectivity index (χ2v) is 4.13. The molecule has 8 nitrogen and oxygen atoms in total. The number of carbonyl (C=O) groups is 3. The first-order chi connectivity index (χ1) is 8.47. The van der Waals surface area contributed by atoms with E-state index in [0.717, 1.165) is 5.69 Å². The number of urea groups is 1. The van der Waals surface area contributed by atoms with Crippen LogP contribution < -0.4 is 16.0 Å². The van der Waals surface area contributed by atoms with Crippen LogP contribution in [0.25, 0.3) is 0 Å². The van der Waals surface area contributed by atoms with Crippen LogP contribution in [0, 0.1) is 6.92 Å². The third-order valence-electron chi connectivity index (χ3n) is 1.69. The van der Waals surface area contributed by atoms with Crippen molar-refractivity contribution in [2.75, 3.05) is 18.4 Å². The molecule has 1 aromatic rings. The summed E-state index contributed by atoms with van der Waals surface area (Å²) in [6, 6.07) is -0.574. The van der Waals surface area contributed by atoms with E-state index in [-0.39, 0.29) is 6.54 Å². The minimum absolute atomic E-state index is 0.302. The van der Waals surface area contributed by atoms with Gasteiger partial charge in [-0.05, 0) is 6.92 Å². The quantitative estimate of drug-likeness (QED) is 0.590. The number of amides is 3. The number of aliphatic carboxylic acids is 1. The van der Waals surface area contributed by atoms with Gasteiger partial charge in [-0.3, -0.25) is 14.9 Å². The first-order valence-corrected chi connectivity index (χ1v) is 5.81. The van der Waals surface area contributed by atoms with E-state index >= 15 is 0 Å². The lowest BCUT2D eigenvalue weighted by Crippen LogP contribution is -2.40. The average Bonchev–Trinajstić information content (AvgIpc) is 2.69. The maximum atomic E-state index is 11.3. The predicted octanol–water partition coefficient (Wildman–Crippen LogP) is -0.226. The van der Waals surface area contributed by atoms with Crippen LogP contribution in [0.5, 0.6) is 0 Å². The van der Waals surface area contributed by atoms with Gasteiger partial charge in [0.05, 0.1) is 12.2 Å². The number of nitrogens with zero attached hydrogens (tertiary/aromatic N) is 1. The molecule has 0 radical (unpaired) electrons. The molecule has 4 N–H and O–H groups in total. The van der Waals surface area contributed by atoms with Crippen molar-refractivity contribution in [3.63, 3.8) is 0 Å². The highest BCUT2D eigenvalue weighted by molar-refractivity contribution is 7.13. The summed E-state index contributed by atoms with van der Waals surface area (Å²) in [5.74, 6) is -1.73. The lowest BCUT2D eigenvalue weighted by atomic mass is 10.5. The Balaban J connectivity index is 2.24. The molecular formula is C9H12N4O4S. The van der Waals surface area contributed by atoms with Crippen LogP contribution in [0.3, 0.4) is 0 Å². The van der Waals surface area contributed by atoms with Gasteiger partial charge in [-0.2, -0.15) is 0 Å². The Hall–Kier alpha value is -2.16. The van der Waals surface area contributed by atoms with Gasteiger partial charge < -0.3 is 15.7 Å². The fraction of sp³-hybridized carbons (Fsp3) is 0.333. The normalized spacial score (nSPS) is 9.61. The van der Waals surface area contributed by atoms with Gasteiger partial charge in [0.1, 0.15) is 6.54 Å². The van der Waals surface area contributed by atoms with E-state index in [1.54, 1.807) is 12.3 Å². The average molecular weight is 272 g/mol. The second-order valence-electron chi connectivity index (χ2n) is 3.27. The molecule has 1 aromatic heterocycles. The molecule has 0 fully saturated rings. The summed E-state index contributed by atoms with van der Waals surface area (Å²) >= 11 is 1.26. The summed E-state index contributed by atoms with van der Waals surface area (Å²) < 4.78 is 0. The smallest absolute Gasteiger partial charge is 0.322 e. The monoisotopic (exact) mass is 272 g/mol. The zero-order valence-corrected chi connectivity index (χ0v) is 10.3. The number of aromatic nitrogens is 1. The fourth-order valence-corrected chi connectivity index (χ4v) is 1.63. The number of hydrogen-bond donors (Lipinski definition) is 4. The Morgan fingerprint density at radius 2 is 2.06 bits per heavy atom. The Labute approximate surface area is 106 Å². The van der Waals surface area contributed by atoms with Gasteiger partial charge in [0.2, 0.25) is 5.91 Å². The van der Waals surface area contributed by atoms with Crippen LogP contribution in [0.15, 0.2) is 5.38 Å². The number of anilines is 1. The summed E-state index contributed by atoms with van der Waals surface area (Å²) in [6.45, 7) is 1.01. The molecule has 0 saturated carbocycles. The van der Waals surface area contributed by atoms with Crippen LogP contribution >= 0.6 is 11.3 Å². The van der Waals surface area contributed by atoms with Gasteiger partial charge in [0, 0.05) is 5.38 Å². The molecule has 0 saturated heterocycles. The third kappa shape index (κ3) is 5.25. The van der Waals surface area contributed by atoms with Crippen LogP contribution in [-0.4, -0.2) is 41.1 Å². The lowest BCUT2D eigenvalue weighted by molar-refractivity contribution is -0.137. The molecule has 0 spiro atoms. The topological polar surface area (TPSA) is 120 Å². The Kier molecular flexibility index (Phi) is 5.06. The van der Waals surface area contributed by atoms with E-state index in [1.807, 2.05) is 0 Å². The van der Waals surface area contributed by atoms with Crippen molar-refractivity contribution in [1.29, 1.82) is 0 Å². The van der Waals surface area contributed by atoms with Gasteiger partial charge in [-0.25, -0.2) is 9.78 Å². The third-order valence-corrected chi connectivity index (χ3v) is 2.56. The minimum atomic E-state index is -1.15. The number of rotatable bonds is 5. The number of carboxylic acids is 1. The van der Waals surface area contributed by atoms with E-state index in [4.69, 9.17) is 5.11 Å². The van der Waals surface area contributed by atoms with E-state index in [1.165, 1.54) is 11.3 Å². The molecule has 0 unspecified atom stereocenters. The highest BCUT2D eigenvalue weighted by Gasteiger charge is 2.08. The Morgan fingerprint density at radius 1 is 1.33 bits per heavy atom. The van der Waals surface area contributed by atoms with Crippen molar-refractivity contribution in [1.82, 2.24) is 15.6 Å². The Morgan fingerprint density at radius 3 is 2.61 bits per heavy atom. The molecule has 0 aliphatic rings. The van der Waals surface area contributed by atoms with Crippen molar-refractivity contribution in [2.45, 2.75) is 6.92 Å². The molecule has 0 aromatic carbocycles. The summed E-state index contributed by atoms with van der Waals surface area (Å²) in [4.78, 5) is 36.6. The van der Waals surface area contributed by atoms with Gasteiger partial charge in [-0.15, -0.1) is 11.3 Å². The van der Waals surface area contributed by atoms with E-state index < -0.39 is 24.5 Å². The summed E-state index contributed by atoms with van der Waals surface area (Å²) in [7, 11) is 0. The molecule has 0 atom stereocenters. The zero-order valence-electron chi connectivity index (χ0n) is 9.52. The van der Waals surface area contributed by atoms with Crippen molar-refractivity contribution >= 4 is 34.4 Å². The molecule has 18 heavy (non-hydrogen) atoms. The first kappa shape index (κ1) is 13.9. The molecule has 0 bridgehead atoms. The van der Waals surface area contributed by atoms with E-state index in [2.05, 4.69) is 20.9 Å². The predicted molar refractivity (Wildman–Crippen MR) is 64.5 cm³/mol. The molecule has 9 heteroatoms. The number of hydrogen-bond acceptors (Lipinski definition) is 5. The molecule has 3 amide bonds. The minimum Gasteiger partial charge on any atom is -0.480 e. The van der Waals surface area contributed by atoms with Crippen LogP contribution in [0.1, 0.15) is 5.69 Å². The van der Waals surface area contributed by atoms with E-state index in [0.29, 0.717) is 5.13 Å². The van der Waals surface area contributed by atoms with Gasteiger partial charge in [0.15, 0.2) is 5.13 Å². The summed E-state index contributed by atoms with van der Waals surface area (Å²) in [5.41, 5.74) is 0.787. The van der Waals surface area contributed by atoms with Gasteiger partial charge >= 0.3 is 12.0 Å². The van der Waals surface area contributed by atoms with Crippen LogP contribution in [0.4, 0.5) is 9.93 Å². The second kappa shape index (κ2) is 6.55. The zero-order chi connectivity index (χ0) is 13.5. The number of nitrogens with one attached hydrogen (secondary N) is 3. The molecule has 1 rings (SSSR count). The van der Waals surface area contributed by atoms with Crippen LogP contribution in [-0.2, 0) is 9.59 Å². The van der Waals surface area contributed by atoms with Crippen LogP contribution in [0.2, 0.25) is 0 Å². The number of carbonyl (C=O) groups excluding carboxylic acids is 2. The number of thiazole rings is 1. The Bertz CT molecular complexity index is 459. The van der Waals surface area contributed by atoms with E-state index in [9.17, 15) is 14.4 Å². The molecule has 1 heterocycles. The van der Waals surface area contributed by atoms with Gasteiger partial charge in [-0.1, -0.05) is 0 Å².